The monoisotopic (exact) mass is 519 g/mol. The summed E-state index contributed by atoms with van der Waals surface area (Å²) in [4.78, 5) is 42.7. The maximum Gasteiger partial charge on any atom is 0.244 e. The second-order valence-electron chi connectivity index (χ2n) is 9.05. The third-order valence-corrected chi connectivity index (χ3v) is 10.1. The van der Waals surface area contributed by atoms with Crippen molar-refractivity contribution < 1.29 is 19.6 Å². The molecule has 0 aliphatic carbocycles. The van der Waals surface area contributed by atoms with Crippen LogP contribution in [-0.2, 0) is 14.4 Å². The molecule has 0 unspecified atom stereocenters. The van der Waals surface area contributed by atoms with Gasteiger partial charge in [0, 0.05) is 60.1 Å². The highest BCUT2D eigenvalue weighted by atomic mass is 32.2. The number of fused-ring (bicyclic) bond motifs is 1. The fraction of sp³-hybridized carbons (Fsp3) is 0.542. The van der Waals surface area contributed by atoms with Crippen LogP contribution in [0.3, 0.4) is 0 Å². The standard InChI is InChI=1S/C24H33N5O4S2/c25-21(17-14-27-18-8-5-4-7-16(17)18)23(32)29-15-24(34-11-12-35-24)13-19(29)22(31)26-10-6-2-1-3-9-20(30)28-33/h4-5,7-8,14,19,21,27,33H,1-3,6,9-13,15,25H2,(H,26,31)(H,28,30)/t19-,21-/m0/s1. The van der Waals surface area contributed by atoms with Crippen molar-refractivity contribution in [3.8, 4) is 0 Å². The fourth-order valence-corrected chi connectivity index (χ4v) is 8.08. The average Bonchev–Trinajstić information content (AvgIpc) is 3.61. The number of aromatic amines is 1. The molecule has 9 nitrogen and oxygen atoms in total. The third-order valence-electron chi connectivity index (χ3n) is 6.67. The summed E-state index contributed by atoms with van der Waals surface area (Å²) >= 11 is 3.68. The fourth-order valence-electron chi connectivity index (χ4n) is 4.82. The van der Waals surface area contributed by atoms with Gasteiger partial charge in [0.2, 0.25) is 17.7 Å². The van der Waals surface area contributed by atoms with Crippen molar-refractivity contribution in [2.24, 2.45) is 5.73 Å². The van der Waals surface area contributed by atoms with Gasteiger partial charge in [0.25, 0.3) is 0 Å². The van der Waals surface area contributed by atoms with Gasteiger partial charge in [0.05, 0.1) is 4.08 Å². The Morgan fingerprint density at radius 3 is 2.69 bits per heavy atom. The highest BCUT2D eigenvalue weighted by Gasteiger charge is 2.51. The van der Waals surface area contributed by atoms with Crippen LogP contribution in [0.2, 0.25) is 0 Å². The Morgan fingerprint density at radius 2 is 1.91 bits per heavy atom. The molecule has 2 fully saturated rings. The molecule has 3 heterocycles. The minimum Gasteiger partial charge on any atom is -0.361 e. The molecule has 1 spiro atoms. The van der Waals surface area contributed by atoms with E-state index in [0.717, 1.165) is 47.2 Å². The van der Waals surface area contributed by atoms with E-state index in [9.17, 15) is 14.4 Å². The molecule has 2 atom stereocenters. The van der Waals surface area contributed by atoms with Gasteiger partial charge in [-0.1, -0.05) is 31.0 Å². The van der Waals surface area contributed by atoms with E-state index < -0.39 is 12.1 Å². The Bertz CT molecular complexity index is 1060. The molecule has 3 amide bonds. The predicted octanol–water partition coefficient (Wildman–Crippen LogP) is 2.52. The highest BCUT2D eigenvalue weighted by molar-refractivity contribution is 8.21. The number of hydroxylamine groups is 1. The van der Waals surface area contributed by atoms with Crippen molar-refractivity contribution in [3.63, 3.8) is 0 Å². The van der Waals surface area contributed by atoms with Gasteiger partial charge in [-0.2, -0.15) is 0 Å². The number of thioether (sulfide) groups is 2. The van der Waals surface area contributed by atoms with Gasteiger partial charge in [-0.15, -0.1) is 23.5 Å². The first-order valence-corrected chi connectivity index (χ1v) is 14.0. The second kappa shape index (κ2) is 11.7. The van der Waals surface area contributed by atoms with E-state index in [4.69, 9.17) is 10.9 Å². The number of amides is 3. The zero-order chi connectivity index (χ0) is 24.8. The molecule has 6 N–H and O–H groups in total. The molecular weight excluding hydrogens is 486 g/mol. The number of hydrogen-bond acceptors (Lipinski definition) is 7. The molecule has 11 heteroatoms. The summed E-state index contributed by atoms with van der Waals surface area (Å²) < 4.78 is -0.148. The second-order valence-corrected chi connectivity index (χ2v) is 12.3. The Labute approximate surface area is 213 Å². The lowest BCUT2D eigenvalue weighted by Crippen LogP contribution is -2.48. The first-order chi connectivity index (χ1) is 16.9. The molecular formula is C24H33N5O4S2. The van der Waals surface area contributed by atoms with Gasteiger partial charge in [-0.05, 0) is 18.9 Å². The lowest BCUT2D eigenvalue weighted by Gasteiger charge is -2.27. The Morgan fingerprint density at radius 1 is 1.17 bits per heavy atom. The number of nitrogens with zero attached hydrogens (tertiary/aromatic N) is 1. The van der Waals surface area contributed by atoms with Crippen LogP contribution in [0.15, 0.2) is 30.5 Å². The van der Waals surface area contributed by atoms with E-state index in [2.05, 4.69) is 10.3 Å². The first-order valence-electron chi connectivity index (χ1n) is 12.0. The number of aromatic nitrogens is 1. The molecule has 0 bridgehead atoms. The van der Waals surface area contributed by atoms with E-state index in [1.54, 1.807) is 16.6 Å². The number of likely N-dealkylation sites (tertiary alicyclic amines) is 1. The Kier molecular flexibility index (Phi) is 8.64. The van der Waals surface area contributed by atoms with Crippen LogP contribution in [0.4, 0.5) is 0 Å². The Balaban J connectivity index is 1.37. The van der Waals surface area contributed by atoms with Gasteiger partial charge in [-0.3, -0.25) is 19.6 Å². The summed E-state index contributed by atoms with van der Waals surface area (Å²) in [5, 5.41) is 12.5. The van der Waals surface area contributed by atoms with Crippen LogP contribution in [0.1, 0.15) is 50.1 Å². The number of H-pyrrole nitrogens is 1. The molecule has 2 aromatic rings. The molecule has 2 aliphatic heterocycles. The largest absolute Gasteiger partial charge is 0.361 e. The number of para-hydroxylation sites is 1. The predicted molar refractivity (Wildman–Crippen MR) is 139 cm³/mol. The Hall–Kier alpha value is -2.21. The third kappa shape index (κ3) is 5.96. The number of nitrogens with two attached hydrogens (primary N) is 1. The molecule has 2 saturated heterocycles. The molecule has 0 saturated carbocycles. The number of hydrogen-bond donors (Lipinski definition) is 5. The van der Waals surface area contributed by atoms with E-state index in [0.29, 0.717) is 25.9 Å². The average molecular weight is 520 g/mol. The van der Waals surface area contributed by atoms with E-state index in [1.807, 2.05) is 47.8 Å². The summed E-state index contributed by atoms with van der Waals surface area (Å²) in [6, 6.07) is 6.37. The molecule has 0 radical (unpaired) electrons. The van der Waals surface area contributed by atoms with Crippen molar-refractivity contribution in [3.05, 3.63) is 36.0 Å². The number of nitrogens with one attached hydrogen (secondary N) is 3. The summed E-state index contributed by atoms with van der Waals surface area (Å²) in [5.41, 5.74) is 9.78. The maximum atomic E-state index is 13.6. The molecule has 1 aromatic carbocycles. The summed E-state index contributed by atoms with van der Waals surface area (Å²) in [6.07, 6.45) is 5.88. The molecule has 4 rings (SSSR count). The van der Waals surface area contributed by atoms with Crippen molar-refractivity contribution in [1.82, 2.24) is 20.7 Å². The van der Waals surface area contributed by atoms with Crippen LogP contribution in [0.25, 0.3) is 10.9 Å². The molecule has 190 valence electrons. The minimum absolute atomic E-state index is 0.130. The number of benzene rings is 1. The number of carbonyl (C=O) groups excluding carboxylic acids is 3. The van der Waals surface area contributed by atoms with E-state index >= 15 is 0 Å². The van der Waals surface area contributed by atoms with Crippen molar-refractivity contribution in [2.45, 2.75) is 54.7 Å². The molecule has 35 heavy (non-hydrogen) atoms. The van der Waals surface area contributed by atoms with E-state index in [-0.39, 0.29) is 28.2 Å². The van der Waals surface area contributed by atoms with Gasteiger partial charge in [0.15, 0.2) is 0 Å². The maximum absolute atomic E-state index is 13.6. The lowest BCUT2D eigenvalue weighted by atomic mass is 10.0. The topological polar surface area (TPSA) is 141 Å². The number of rotatable bonds is 10. The summed E-state index contributed by atoms with van der Waals surface area (Å²) in [5.74, 6) is 1.30. The van der Waals surface area contributed by atoms with Crippen LogP contribution < -0.4 is 16.5 Å². The van der Waals surface area contributed by atoms with Crippen LogP contribution >= 0.6 is 23.5 Å². The van der Waals surface area contributed by atoms with Crippen LogP contribution in [0, 0.1) is 0 Å². The first kappa shape index (κ1) is 25.9. The zero-order valence-corrected chi connectivity index (χ0v) is 21.3. The number of carbonyl (C=O) groups is 3. The van der Waals surface area contributed by atoms with Gasteiger partial charge < -0.3 is 20.9 Å². The SMILES string of the molecule is N[C@H](C(=O)N1CC2(C[C@H]1C(=O)NCCCCCCC(=O)NO)SCCS2)c1c[nH]c2ccccc12. The summed E-state index contributed by atoms with van der Waals surface area (Å²) in [6.45, 7) is 1.04. The van der Waals surface area contributed by atoms with Crippen molar-refractivity contribution in [1.29, 1.82) is 0 Å². The van der Waals surface area contributed by atoms with Gasteiger partial charge in [-0.25, -0.2) is 5.48 Å². The molecule has 1 aromatic heterocycles. The lowest BCUT2D eigenvalue weighted by molar-refractivity contribution is -0.139. The normalized spacial score (nSPS) is 19.8. The van der Waals surface area contributed by atoms with Crippen LogP contribution in [-0.4, -0.2) is 67.5 Å². The summed E-state index contributed by atoms with van der Waals surface area (Å²) in [7, 11) is 0. The zero-order valence-electron chi connectivity index (χ0n) is 19.6. The van der Waals surface area contributed by atoms with Gasteiger partial charge >= 0.3 is 0 Å². The van der Waals surface area contributed by atoms with E-state index in [1.165, 1.54) is 0 Å². The highest BCUT2D eigenvalue weighted by Crippen LogP contribution is 2.52. The van der Waals surface area contributed by atoms with Crippen molar-refractivity contribution in [2.75, 3.05) is 24.6 Å². The quantitative estimate of drug-likeness (QED) is 0.185. The smallest absolute Gasteiger partial charge is 0.244 e. The number of unbranched alkanes of at least 4 members (excludes halogenated alkanes) is 3. The minimum atomic E-state index is -0.843. The van der Waals surface area contributed by atoms with Crippen molar-refractivity contribution >= 4 is 52.1 Å². The van der Waals surface area contributed by atoms with Crippen LogP contribution in [0.5, 0.6) is 0 Å². The van der Waals surface area contributed by atoms with Gasteiger partial charge in [0.1, 0.15) is 12.1 Å². The molecule has 2 aliphatic rings.